The Balaban J connectivity index is 3.08. The largest absolute Gasteiger partial charge is 0.481 e. The lowest BCUT2D eigenvalue weighted by molar-refractivity contribution is -0.136. The first kappa shape index (κ1) is 10.4. The first-order chi connectivity index (χ1) is 6.50. The topological polar surface area (TPSA) is 70.2 Å². The molecule has 0 amide bonds. The summed E-state index contributed by atoms with van der Waals surface area (Å²) in [4.78, 5) is 23.3. The van der Waals surface area contributed by atoms with Gasteiger partial charge in [-0.2, -0.15) is 0 Å². The molecule has 0 radical (unpaired) electrons. The van der Waals surface area contributed by atoms with Crippen molar-refractivity contribution in [1.29, 1.82) is 0 Å². The molecule has 1 rings (SSSR count). The number of aliphatic carboxylic acids is 1. The number of hydrogen-bond donors (Lipinski definition) is 2. The van der Waals surface area contributed by atoms with Crippen molar-refractivity contribution in [2.45, 2.75) is 12.8 Å². The number of hydrogen-bond acceptors (Lipinski definition) is 2. The van der Waals surface area contributed by atoms with E-state index in [0.717, 1.165) is 12.3 Å². The van der Waals surface area contributed by atoms with Gasteiger partial charge in [-0.05, 0) is 6.07 Å². The summed E-state index contributed by atoms with van der Waals surface area (Å²) in [7, 11) is 0. The number of alkyl halides is 2. The summed E-state index contributed by atoms with van der Waals surface area (Å²) in [6.45, 7) is 0. The summed E-state index contributed by atoms with van der Waals surface area (Å²) in [5, 5.41) is 8.38. The highest BCUT2D eigenvalue weighted by molar-refractivity contribution is 5.70. The molecule has 76 valence electrons. The van der Waals surface area contributed by atoms with Gasteiger partial charge in [0.05, 0.1) is 6.42 Å². The zero-order chi connectivity index (χ0) is 10.7. The minimum Gasteiger partial charge on any atom is -0.481 e. The van der Waals surface area contributed by atoms with E-state index in [9.17, 15) is 18.4 Å². The van der Waals surface area contributed by atoms with Crippen molar-refractivity contribution >= 4 is 5.97 Å². The highest BCUT2D eigenvalue weighted by Crippen LogP contribution is 2.16. The average Bonchev–Trinajstić information content (AvgIpc) is 2.07. The number of carbonyl (C=O) groups is 1. The molecule has 2 N–H and O–H groups in total. The molecule has 14 heavy (non-hydrogen) atoms. The van der Waals surface area contributed by atoms with E-state index in [1.54, 1.807) is 0 Å². The fourth-order valence-electron chi connectivity index (χ4n) is 0.970. The van der Waals surface area contributed by atoms with Crippen LogP contribution in [0.1, 0.15) is 17.6 Å². The molecule has 0 aromatic carbocycles. The molecule has 0 spiro atoms. The van der Waals surface area contributed by atoms with Crippen LogP contribution in [0.15, 0.2) is 17.1 Å². The van der Waals surface area contributed by atoms with Gasteiger partial charge in [0.1, 0.15) is 0 Å². The number of carboxylic acids is 1. The fourth-order valence-corrected chi connectivity index (χ4v) is 0.970. The van der Waals surface area contributed by atoms with E-state index in [2.05, 4.69) is 4.98 Å². The maximum atomic E-state index is 12.1. The lowest BCUT2D eigenvalue weighted by Gasteiger charge is -2.00. The zero-order valence-electron chi connectivity index (χ0n) is 6.96. The van der Waals surface area contributed by atoms with Gasteiger partial charge in [0.2, 0.25) is 0 Å². The first-order valence-electron chi connectivity index (χ1n) is 3.72. The van der Waals surface area contributed by atoms with Crippen molar-refractivity contribution in [2.24, 2.45) is 0 Å². The Morgan fingerprint density at radius 3 is 2.71 bits per heavy atom. The van der Waals surface area contributed by atoms with E-state index in [4.69, 9.17) is 5.11 Å². The number of halogens is 2. The minimum absolute atomic E-state index is 0.171. The number of carboxylic acid groups (broad SMARTS) is 1. The quantitative estimate of drug-likeness (QED) is 0.767. The third-order valence-corrected chi connectivity index (χ3v) is 1.60. The van der Waals surface area contributed by atoms with Gasteiger partial charge in [-0.25, -0.2) is 8.78 Å². The average molecular weight is 203 g/mol. The smallest absolute Gasteiger partial charge is 0.308 e. The molecule has 0 saturated carbocycles. The monoisotopic (exact) mass is 203 g/mol. The van der Waals surface area contributed by atoms with Crippen LogP contribution in [-0.4, -0.2) is 16.1 Å². The van der Waals surface area contributed by atoms with Crippen molar-refractivity contribution in [3.63, 3.8) is 0 Å². The predicted octanol–water partition coefficient (Wildman–Crippen LogP) is 0.940. The predicted molar refractivity (Wildman–Crippen MR) is 43.4 cm³/mol. The number of pyridine rings is 1. The van der Waals surface area contributed by atoms with Crippen molar-refractivity contribution in [3.05, 3.63) is 33.7 Å². The third kappa shape index (κ3) is 2.38. The number of aromatic amines is 1. The van der Waals surface area contributed by atoms with E-state index >= 15 is 0 Å². The van der Waals surface area contributed by atoms with Crippen LogP contribution in [0.2, 0.25) is 0 Å². The van der Waals surface area contributed by atoms with Gasteiger partial charge < -0.3 is 10.1 Å². The Bertz CT molecular complexity index is 400. The zero-order valence-corrected chi connectivity index (χ0v) is 6.96. The Morgan fingerprint density at radius 2 is 2.21 bits per heavy atom. The summed E-state index contributed by atoms with van der Waals surface area (Å²) < 4.78 is 24.3. The molecule has 1 heterocycles. The van der Waals surface area contributed by atoms with Crippen molar-refractivity contribution in [3.8, 4) is 0 Å². The van der Waals surface area contributed by atoms with Crippen LogP contribution in [-0.2, 0) is 11.2 Å². The standard InChI is InChI=1S/C8H7F2NO3/c9-7(10)5-1-4(2-6(12)13)8(14)11-3-5/h1,3,7H,2H2,(H,11,14)(H,12,13). The molecule has 0 aliphatic rings. The minimum atomic E-state index is -2.72. The second-order valence-electron chi connectivity index (χ2n) is 2.66. The fraction of sp³-hybridized carbons (Fsp3) is 0.250. The Kier molecular flexibility index (Phi) is 2.95. The number of nitrogens with one attached hydrogen (secondary N) is 1. The van der Waals surface area contributed by atoms with Gasteiger partial charge in [0.15, 0.2) is 0 Å². The van der Waals surface area contributed by atoms with Crippen LogP contribution >= 0.6 is 0 Å². The summed E-state index contributed by atoms with van der Waals surface area (Å²) in [5.41, 5.74) is -1.21. The highest BCUT2D eigenvalue weighted by atomic mass is 19.3. The molecule has 0 saturated heterocycles. The van der Waals surface area contributed by atoms with Crippen LogP contribution < -0.4 is 5.56 Å². The molecule has 0 atom stereocenters. The Morgan fingerprint density at radius 1 is 1.57 bits per heavy atom. The van der Waals surface area contributed by atoms with Gasteiger partial charge >= 0.3 is 5.97 Å². The van der Waals surface area contributed by atoms with E-state index in [1.165, 1.54) is 0 Å². The van der Waals surface area contributed by atoms with Gasteiger partial charge in [-0.1, -0.05) is 0 Å². The normalized spacial score (nSPS) is 10.5. The molecular formula is C8H7F2NO3. The molecule has 0 fully saturated rings. The van der Waals surface area contributed by atoms with Gasteiger partial charge in [0, 0.05) is 17.3 Å². The molecule has 4 nitrogen and oxygen atoms in total. The van der Waals surface area contributed by atoms with Crippen LogP contribution in [0.4, 0.5) is 8.78 Å². The van der Waals surface area contributed by atoms with Crippen molar-refractivity contribution in [1.82, 2.24) is 4.98 Å². The van der Waals surface area contributed by atoms with Crippen LogP contribution in [0.25, 0.3) is 0 Å². The molecule has 0 bridgehead atoms. The Labute approximate surface area is 77.2 Å². The third-order valence-electron chi connectivity index (χ3n) is 1.60. The number of H-pyrrole nitrogens is 1. The SMILES string of the molecule is O=C(O)Cc1cc(C(F)F)c[nH]c1=O. The van der Waals surface area contributed by atoms with E-state index in [-0.39, 0.29) is 11.1 Å². The van der Waals surface area contributed by atoms with Gasteiger partial charge in [-0.3, -0.25) is 9.59 Å². The lowest BCUT2D eigenvalue weighted by atomic mass is 10.1. The van der Waals surface area contributed by atoms with E-state index < -0.39 is 24.4 Å². The maximum Gasteiger partial charge on any atom is 0.308 e. The lowest BCUT2D eigenvalue weighted by Crippen LogP contribution is -2.16. The molecule has 1 aromatic rings. The second kappa shape index (κ2) is 3.99. The molecule has 0 aliphatic carbocycles. The molecular weight excluding hydrogens is 196 g/mol. The maximum absolute atomic E-state index is 12.1. The van der Waals surface area contributed by atoms with Gasteiger partial charge in [0.25, 0.3) is 12.0 Å². The second-order valence-corrected chi connectivity index (χ2v) is 2.66. The summed E-state index contributed by atoms with van der Waals surface area (Å²) >= 11 is 0. The molecule has 1 aromatic heterocycles. The highest BCUT2D eigenvalue weighted by Gasteiger charge is 2.11. The van der Waals surface area contributed by atoms with Crippen LogP contribution in [0.5, 0.6) is 0 Å². The Hall–Kier alpha value is -1.72. The summed E-state index contributed by atoms with van der Waals surface area (Å²) in [6.07, 6.45) is -2.41. The molecule has 0 unspecified atom stereocenters. The molecule has 6 heteroatoms. The summed E-state index contributed by atoms with van der Waals surface area (Å²) in [6, 6.07) is 0.900. The first-order valence-corrected chi connectivity index (χ1v) is 3.72. The number of aromatic nitrogens is 1. The van der Waals surface area contributed by atoms with Gasteiger partial charge in [-0.15, -0.1) is 0 Å². The van der Waals surface area contributed by atoms with E-state index in [1.807, 2.05) is 0 Å². The summed E-state index contributed by atoms with van der Waals surface area (Å²) in [5.74, 6) is -1.23. The van der Waals surface area contributed by atoms with Crippen LogP contribution in [0, 0.1) is 0 Å². The van der Waals surface area contributed by atoms with E-state index in [0.29, 0.717) is 0 Å². The van der Waals surface area contributed by atoms with Crippen molar-refractivity contribution < 1.29 is 18.7 Å². The molecule has 0 aliphatic heterocycles. The van der Waals surface area contributed by atoms with Crippen LogP contribution in [0.3, 0.4) is 0 Å². The van der Waals surface area contributed by atoms with Crippen molar-refractivity contribution in [2.75, 3.05) is 0 Å². The number of rotatable bonds is 3.